The maximum absolute atomic E-state index is 11.0. The van der Waals surface area contributed by atoms with Gasteiger partial charge in [-0.05, 0) is 43.2 Å². The first-order valence-corrected chi connectivity index (χ1v) is 4.28. The highest BCUT2D eigenvalue weighted by molar-refractivity contribution is 5.99. The van der Waals surface area contributed by atoms with Gasteiger partial charge in [0.05, 0.1) is 0 Å². The number of carbonyl (C=O) groups excluding carboxylic acids is 1. The molecule has 2 N–H and O–H groups in total. The molecule has 0 bridgehead atoms. The Kier molecular flexibility index (Phi) is 2.92. The van der Waals surface area contributed by atoms with Crippen molar-refractivity contribution in [3.05, 3.63) is 35.9 Å². The van der Waals surface area contributed by atoms with E-state index in [4.69, 9.17) is 0 Å². The monoisotopic (exact) mass is 191 g/mol. The third kappa shape index (κ3) is 2.13. The van der Waals surface area contributed by atoms with Gasteiger partial charge in [-0.25, -0.2) is 0 Å². The van der Waals surface area contributed by atoms with Gasteiger partial charge in [0.15, 0.2) is 0 Å². The van der Waals surface area contributed by atoms with Crippen molar-refractivity contribution >= 4 is 11.6 Å². The third-order valence-corrected chi connectivity index (χ3v) is 1.94. The van der Waals surface area contributed by atoms with Crippen molar-refractivity contribution < 1.29 is 9.90 Å². The maximum Gasteiger partial charge on any atom is 0.247 e. The summed E-state index contributed by atoms with van der Waals surface area (Å²) in [5, 5.41) is 12.1. The van der Waals surface area contributed by atoms with E-state index in [1.54, 1.807) is 26.0 Å². The van der Waals surface area contributed by atoms with Gasteiger partial charge in [-0.2, -0.15) is 0 Å². The quantitative estimate of drug-likeness (QED) is 0.555. The standard InChI is InChI=1S/C11H13NO2/c1-4-10(13)12-9-5-7(2)11(14)8(3)6-9/h4-6,14H,1H2,2-3H3,(H,12,13). The Morgan fingerprint density at radius 2 is 1.93 bits per heavy atom. The summed E-state index contributed by atoms with van der Waals surface area (Å²) in [5.74, 6) is 0.0103. The predicted molar refractivity (Wildman–Crippen MR) is 56.4 cm³/mol. The molecule has 0 aliphatic heterocycles. The molecule has 0 atom stereocenters. The predicted octanol–water partition coefficient (Wildman–Crippen LogP) is 2.13. The molecule has 0 fully saturated rings. The Labute approximate surface area is 83.1 Å². The summed E-state index contributed by atoms with van der Waals surface area (Å²) in [6.45, 7) is 6.93. The second-order valence-electron chi connectivity index (χ2n) is 3.15. The molecule has 0 heterocycles. The van der Waals surface area contributed by atoms with E-state index in [0.29, 0.717) is 5.69 Å². The number of hydrogen-bond donors (Lipinski definition) is 2. The van der Waals surface area contributed by atoms with Crippen molar-refractivity contribution in [2.75, 3.05) is 5.32 Å². The number of amides is 1. The minimum atomic E-state index is -0.255. The highest BCUT2D eigenvalue weighted by atomic mass is 16.3. The molecular formula is C11H13NO2. The first kappa shape index (κ1) is 10.3. The van der Waals surface area contributed by atoms with E-state index in [1.807, 2.05) is 0 Å². The van der Waals surface area contributed by atoms with Crippen LogP contribution in [0.15, 0.2) is 24.8 Å². The van der Waals surface area contributed by atoms with Crippen molar-refractivity contribution in [1.29, 1.82) is 0 Å². The van der Waals surface area contributed by atoms with Gasteiger partial charge in [-0.15, -0.1) is 0 Å². The molecule has 1 amide bonds. The molecular weight excluding hydrogens is 178 g/mol. The number of carbonyl (C=O) groups is 1. The second kappa shape index (κ2) is 3.96. The van der Waals surface area contributed by atoms with Gasteiger partial charge >= 0.3 is 0 Å². The molecule has 0 unspecified atom stereocenters. The van der Waals surface area contributed by atoms with Crippen molar-refractivity contribution in [3.63, 3.8) is 0 Å². The van der Waals surface area contributed by atoms with Crippen LogP contribution in [-0.4, -0.2) is 11.0 Å². The van der Waals surface area contributed by atoms with Gasteiger partial charge in [0.1, 0.15) is 5.75 Å². The number of phenols is 1. The molecule has 74 valence electrons. The Morgan fingerprint density at radius 1 is 1.43 bits per heavy atom. The Balaban J connectivity index is 3.01. The minimum absolute atomic E-state index is 0.255. The summed E-state index contributed by atoms with van der Waals surface area (Å²) < 4.78 is 0. The van der Waals surface area contributed by atoms with Crippen LogP contribution in [0, 0.1) is 13.8 Å². The number of phenolic OH excluding ortho intramolecular Hbond substituents is 1. The van der Waals surface area contributed by atoms with Crippen LogP contribution in [0.3, 0.4) is 0 Å². The third-order valence-electron chi connectivity index (χ3n) is 1.94. The molecule has 14 heavy (non-hydrogen) atoms. The summed E-state index contributed by atoms with van der Waals surface area (Å²) in [6, 6.07) is 3.42. The molecule has 0 spiro atoms. The molecule has 0 aliphatic rings. The number of benzene rings is 1. The molecule has 3 nitrogen and oxygen atoms in total. The summed E-state index contributed by atoms with van der Waals surface area (Å²) in [5.41, 5.74) is 2.15. The van der Waals surface area contributed by atoms with Gasteiger partial charge in [-0.3, -0.25) is 4.79 Å². The number of aromatic hydroxyl groups is 1. The van der Waals surface area contributed by atoms with Gasteiger partial charge in [0.2, 0.25) is 5.91 Å². The molecule has 0 radical (unpaired) electrons. The summed E-state index contributed by atoms with van der Waals surface area (Å²) in [6.07, 6.45) is 1.21. The number of aryl methyl sites for hydroxylation is 2. The largest absolute Gasteiger partial charge is 0.507 e. The van der Waals surface area contributed by atoms with Crippen molar-refractivity contribution in [2.24, 2.45) is 0 Å². The Bertz CT molecular complexity index is 360. The van der Waals surface area contributed by atoms with E-state index in [9.17, 15) is 9.90 Å². The Morgan fingerprint density at radius 3 is 2.36 bits per heavy atom. The fraction of sp³-hybridized carbons (Fsp3) is 0.182. The second-order valence-corrected chi connectivity index (χ2v) is 3.15. The molecule has 0 aliphatic carbocycles. The van der Waals surface area contributed by atoms with Crippen LogP contribution in [0.25, 0.3) is 0 Å². The van der Waals surface area contributed by atoms with E-state index in [1.165, 1.54) is 6.08 Å². The zero-order valence-corrected chi connectivity index (χ0v) is 8.29. The number of hydrogen-bond acceptors (Lipinski definition) is 2. The van der Waals surface area contributed by atoms with E-state index in [0.717, 1.165) is 11.1 Å². The van der Waals surface area contributed by atoms with E-state index in [-0.39, 0.29) is 11.7 Å². The molecule has 0 aromatic heterocycles. The molecule has 3 heteroatoms. The summed E-state index contributed by atoms with van der Waals surface area (Å²) in [7, 11) is 0. The molecule has 1 aromatic rings. The fourth-order valence-corrected chi connectivity index (χ4v) is 1.22. The first-order chi connectivity index (χ1) is 6.54. The van der Waals surface area contributed by atoms with Crippen LogP contribution >= 0.6 is 0 Å². The average molecular weight is 191 g/mol. The lowest BCUT2D eigenvalue weighted by atomic mass is 10.1. The van der Waals surface area contributed by atoms with Crippen LogP contribution in [0.1, 0.15) is 11.1 Å². The van der Waals surface area contributed by atoms with Gasteiger partial charge in [-0.1, -0.05) is 6.58 Å². The van der Waals surface area contributed by atoms with Gasteiger partial charge in [0, 0.05) is 5.69 Å². The van der Waals surface area contributed by atoms with Crippen LogP contribution < -0.4 is 5.32 Å². The van der Waals surface area contributed by atoms with Crippen molar-refractivity contribution in [2.45, 2.75) is 13.8 Å². The SMILES string of the molecule is C=CC(=O)Nc1cc(C)c(O)c(C)c1. The average Bonchev–Trinajstić information content (AvgIpc) is 2.14. The molecule has 1 rings (SSSR count). The lowest BCUT2D eigenvalue weighted by molar-refractivity contribution is -0.111. The first-order valence-electron chi connectivity index (χ1n) is 4.28. The maximum atomic E-state index is 11.0. The fourth-order valence-electron chi connectivity index (χ4n) is 1.22. The van der Waals surface area contributed by atoms with E-state index >= 15 is 0 Å². The number of nitrogens with one attached hydrogen (secondary N) is 1. The lowest BCUT2D eigenvalue weighted by Gasteiger charge is -2.07. The van der Waals surface area contributed by atoms with Gasteiger partial charge < -0.3 is 10.4 Å². The van der Waals surface area contributed by atoms with Gasteiger partial charge in [0.25, 0.3) is 0 Å². The molecule has 0 saturated heterocycles. The smallest absolute Gasteiger partial charge is 0.247 e. The van der Waals surface area contributed by atoms with Crippen LogP contribution in [0.2, 0.25) is 0 Å². The van der Waals surface area contributed by atoms with Crippen LogP contribution in [-0.2, 0) is 4.79 Å². The molecule has 0 saturated carbocycles. The highest BCUT2D eigenvalue weighted by Gasteiger charge is 2.04. The molecule has 1 aromatic carbocycles. The summed E-state index contributed by atoms with van der Waals surface area (Å²) >= 11 is 0. The number of anilines is 1. The van der Waals surface area contributed by atoms with Crippen molar-refractivity contribution in [1.82, 2.24) is 0 Å². The minimum Gasteiger partial charge on any atom is -0.507 e. The zero-order chi connectivity index (χ0) is 10.7. The topological polar surface area (TPSA) is 49.3 Å². The normalized spacial score (nSPS) is 9.57. The lowest BCUT2D eigenvalue weighted by Crippen LogP contribution is -2.07. The van der Waals surface area contributed by atoms with Crippen LogP contribution in [0.4, 0.5) is 5.69 Å². The highest BCUT2D eigenvalue weighted by Crippen LogP contribution is 2.25. The summed E-state index contributed by atoms with van der Waals surface area (Å²) in [4.78, 5) is 11.0. The Hall–Kier alpha value is -1.77. The number of rotatable bonds is 2. The van der Waals surface area contributed by atoms with E-state index < -0.39 is 0 Å². The van der Waals surface area contributed by atoms with Crippen LogP contribution in [0.5, 0.6) is 5.75 Å². The van der Waals surface area contributed by atoms with E-state index in [2.05, 4.69) is 11.9 Å². The van der Waals surface area contributed by atoms with Crippen molar-refractivity contribution in [3.8, 4) is 5.75 Å². The zero-order valence-electron chi connectivity index (χ0n) is 8.29.